The van der Waals surface area contributed by atoms with Crippen molar-refractivity contribution in [3.8, 4) is 0 Å². The Bertz CT molecular complexity index is 405. The van der Waals surface area contributed by atoms with Crippen LogP contribution in [-0.2, 0) is 10.2 Å². The van der Waals surface area contributed by atoms with Crippen molar-refractivity contribution in [1.29, 1.82) is 0 Å². The van der Waals surface area contributed by atoms with Crippen LogP contribution >= 0.6 is 0 Å². The van der Waals surface area contributed by atoms with Crippen molar-refractivity contribution in [2.24, 2.45) is 11.8 Å². The lowest BCUT2D eigenvalue weighted by Crippen LogP contribution is -2.38. The lowest BCUT2D eigenvalue weighted by molar-refractivity contribution is 0.0387. The third kappa shape index (κ3) is 3.35. The number of hydrazine groups is 1. The summed E-state index contributed by atoms with van der Waals surface area (Å²) < 4.78 is 5.62. The van der Waals surface area contributed by atoms with E-state index in [9.17, 15) is 0 Å². The number of nitrogens with two attached hydrogens (primary N) is 1. The molecule has 0 aliphatic carbocycles. The summed E-state index contributed by atoms with van der Waals surface area (Å²) in [6.45, 7) is 8.42. The molecule has 1 fully saturated rings. The monoisotopic (exact) mass is 262 g/mol. The highest BCUT2D eigenvalue weighted by molar-refractivity contribution is 5.35. The predicted molar refractivity (Wildman–Crippen MR) is 78.7 cm³/mol. The normalized spacial score (nSPS) is 22.2. The maximum atomic E-state index is 5.84. The van der Waals surface area contributed by atoms with E-state index in [-0.39, 0.29) is 11.5 Å². The van der Waals surface area contributed by atoms with Crippen LogP contribution in [-0.4, -0.2) is 13.2 Å². The molecule has 0 aromatic heterocycles. The maximum absolute atomic E-state index is 5.84. The van der Waals surface area contributed by atoms with Crippen molar-refractivity contribution in [2.45, 2.75) is 45.1 Å². The standard InChI is InChI=1S/C16H26N2O/c1-16(2,3)14-9-5-4-8-13(14)15(18-17)12-7-6-10-19-11-12/h4-5,8-9,12,15,18H,6-7,10-11,17H2,1-3H3. The number of hydrogen-bond acceptors (Lipinski definition) is 3. The van der Waals surface area contributed by atoms with E-state index in [0.717, 1.165) is 19.6 Å². The Morgan fingerprint density at radius 2 is 2.05 bits per heavy atom. The Labute approximate surface area is 116 Å². The number of hydrogen-bond donors (Lipinski definition) is 2. The van der Waals surface area contributed by atoms with Crippen LogP contribution in [0.1, 0.15) is 50.8 Å². The van der Waals surface area contributed by atoms with Gasteiger partial charge in [-0.2, -0.15) is 0 Å². The first-order valence-electron chi connectivity index (χ1n) is 7.17. The minimum atomic E-state index is 0.126. The lowest BCUT2D eigenvalue weighted by Gasteiger charge is -2.33. The van der Waals surface area contributed by atoms with Crippen LogP contribution in [0, 0.1) is 5.92 Å². The van der Waals surface area contributed by atoms with Gasteiger partial charge in [0.05, 0.1) is 12.6 Å². The molecule has 3 heteroatoms. The molecule has 1 aliphatic rings. The van der Waals surface area contributed by atoms with Crippen molar-refractivity contribution in [3.63, 3.8) is 0 Å². The lowest BCUT2D eigenvalue weighted by atomic mass is 9.78. The fourth-order valence-corrected chi connectivity index (χ4v) is 2.96. The number of benzene rings is 1. The van der Waals surface area contributed by atoms with Gasteiger partial charge < -0.3 is 4.74 Å². The molecule has 1 saturated heterocycles. The van der Waals surface area contributed by atoms with Crippen molar-refractivity contribution in [1.82, 2.24) is 5.43 Å². The van der Waals surface area contributed by atoms with Crippen LogP contribution in [0.15, 0.2) is 24.3 Å². The second kappa shape index (κ2) is 6.04. The molecule has 1 aromatic rings. The molecule has 106 valence electrons. The van der Waals surface area contributed by atoms with E-state index in [1.165, 1.54) is 17.5 Å². The molecular weight excluding hydrogens is 236 g/mol. The Kier molecular flexibility index (Phi) is 4.61. The van der Waals surface area contributed by atoms with E-state index in [1.54, 1.807) is 0 Å². The summed E-state index contributed by atoms with van der Waals surface area (Å²) in [5.41, 5.74) is 5.82. The summed E-state index contributed by atoms with van der Waals surface area (Å²) in [6.07, 6.45) is 2.30. The SMILES string of the molecule is CC(C)(C)c1ccccc1C(NN)C1CCCOC1. The van der Waals surface area contributed by atoms with Gasteiger partial charge in [0.15, 0.2) is 0 Å². The van der Waals surface area contributed by atoms with E-state index in [1.807, 2.05) is 0 Å². The van der Waals surface area contributed by atoms with Crippen molar-refractivity contribution in [3.05, 3.63) is 35.4 Å². The maximum Gasteiger partial charge on any atom is 0.0513 e. The molecule has 2 atom stereocenters. The van der Waals surface area contributed by atoms with Crippen LogP contribution in [0.4, 0.5) is 0 Å². The van der Waals surface area contributed by atoms with Gasteiger partial charge in [0, 0.05) is 12.5 Å². The largest absolute Gasteiger partial charge is 0.381 e. The van der Waals surface area contributed by atoms with Crippen LogP contribution in [0.2, 0.25) is 0 Å². The molecule has 3 nitrogen and oxygen atoms in total. The van der Waals surface area contributed by atoms with Gasteiger partial charge in [0.1, 0.15) is 0 Å². The zero-order valence-electron chi connectivity index (χ0n) is 12.3. The van der Waals surface area contributed by atoms with Crippen LogP contribution < -0.4 is 11.3 Å². The first-order chi connectivity index (χ1) is 9.04. The van der Waals surface area contributed by atoms with Gasteiger partial charge in [-0.05, 0) is 29.4 Å². The average molecular weight is 262 g/mol. The molecular formula is C16H26N2O. The average Bonchev–Trinajstić information content (AvgIpc) is 2.40. The fraction of sp³-hybridized carbons (Fsp3) is 0.625. The summed E-state index contributed by atoms with van der Waals surface area (Å²) in [4.78, 5) is 0. The molecule has 0 amide bonds. The molecule has 1 aliphatic heterocycles. The quantitative estimate of drug-likeness (QED) is 0.650. The Morgan fingerprint density at radius 1 is 1.32 bits per heavy atom. The summed E-state index contributed by atoms with van der Waals surface area (Å²) in [6, 6.07) is 8.78. The third-order valence-electron chi connectivity index (χ3n) is 3.95. The molecule has 0 radical (unpaired) electrons. The van der Waals surface area contributed by atoms with Gasteiger partial charge in [0.2, 0.25) is 0 Å². The van der Waals surface area contributed by atoms with Crippen molar-refractivity contribution >= 4 is 0 Å². The highest BCUT2D eigenvalue weighted by atomic mass is 16.5. The second-order valence-corrected chi connectivity index (χ2v) is 6.46. The molecule has 1 heterocycles. The zero-order valence-corrected chi connectivity index (χ0v) is 12.3. The van der Waals surface area contributed by atoms with Crippen LogP contribution in [0.25, 0.3) is 0 Å². The van der Waals surface area contributed by atoms with E-state index >= 15 is 0 Å². The second-order valence-electron chi connectivity index (χ2n) is 6.46. The van der Waals surface area contributed by atoms with Crippen LogP contribution in [0.3, 0.4) is 0 Å². The minimum Gasteiger partial charge on any atom is -0.381 e. The molecule has 19 heavy (non-hydrogen) atoms. The molecule has 0 saturated carbocycles. The first kappa shape index (κ1) is 14.5. The summed E-state index contributed by atoms with van der Waals surface area (Å²) in [5, 5.41) is 0. The van der Waals surface area contributed by atoms with E-state index in [2.05, 4.69) is 50.5 Å². The predicted octanol–water partition coefficient (Wildman–Crippen LogP) is 2.92. The van der Waals surface area contributed by atoms with Crippen molar-refractivity contribution < 1.29 is 4.74 Å². The van der Waals surface area contributed by atoms with E-state index < -0.39 is 0 Å². The molecule has 1 aromatic carbocycles. The summed E-state index contributed by atoms with van der Waals surface area (Å²) in [7, 11) is 0. The molecule has 0 spiro atoms. The van der Waals surface area contributed by atoms with Gasteiger partial charge in [-0.1, -0.05) is 45.0 Å². The highest BCUT2D eigenvalue weighted by Crippen LogP contribution is 2.35. The van der Waals surface area contributed by atoms with Crippen LogP contribution in [0.5, 0.6) is 0 Å². The molecule has 2 unspecified atom stereocenters. The molecule has 3 N–H and O–H groups in total. The zero-order chi connectivity index (χ0) is 13.9. The van der Waals surface area contributed by atoms with E-state index in [0.29, 0.717) is 5.92 Å². The molecule has 2 rings (SSSR count). The number of ether oxygens (including phenoxy) is 1. The summed E-state index contributed by atoms with van der Waals surface area (Å²) in [5.74, 6) is 6.30. The summed E-state index contributed by atoms with van der Waals surface area (Å²) >= 11 is 0. The smallest absolute Gasteiger partial charge is 0.0513 e. The Hall–Kier alpha value is -0.900. The number of nitrogens with one attached hydrogen (secondary N) is 1. The fourth-order valence-electron chi connectivity index (χ4n) is 2.96. The van der Waals surface area contributed by atoms with Gasteiger partial charge in [-0.3, -0.25) is 11.3 Å². The molecule has 0 bridgehead atoms. The van der Waals surface area contributed by atoms with Gasteiger partial charge in [-0.25, -0.2) is 0 Å². The van der Waals surface area contributed by atoms with Gasteiger partial charge >= 0.3 is 0 Å². The Morgan fingerprint density at radius 3 is 2.63 bits per heavy atom. The van der Waals surface area contributed by atoms with Gasteiger partial charge in [0.25, 0.3) is 0 Å². The van der Waals surface area contributed by atoms with Gasteiger partial charge in [-0.15, -0.1) is 0 Å². The highest BCUT2D eigenvalue weighted by Gasteiger charge is 2.29. The number of rotatable bonds is 3. The Balaban J connectivity index is 2.32. The minimum absolute atomic E-state index is 0.126. The van der Waals surface area contributed by atoms with E-state index in [4.69, 9.17) is 10.6 Å². The third-order valence-corrected chi connectivity index (χ3v) is 3.95. The topological polar surface area (TPSA) is 47.3 Å². The first-order valence-corrected chi connectivity index (χ1v) is 7.17. The van der Waals surface area contributed by atoms with Crippen molar-refractivity contribution in [2.75, 3.05) is 13.2 Å².